The second-order valence-corrected chi connectivity index (χ2v) is 2330. The molecule has 3 rings (SSSR count). The van der Waals surface area contributed by atoms with Crippen molar-refractivity contribution in [3.05, 3.63) is 91.0 Å². The van der Waals surface area contributed by atoms with Gasteiger partial charge in [-0.05, 0) is 36.4 Å². The van der Waals surface area contributed by atoms with Gasteiger partial charge in [-0.15, -0.1) is 0 Å². The summed E-state index contributed by atoms with van der Waals surface area (Å²) in [6.07, 6.45) is 0. The van der Waals surface area contributed by atoms with E-state index in [1.54, 1.807) is 48.5 Å². The Labute approximate surface area is 1460 Å². The summed E-state index contributed by atoms with van der Waals surface area (Å²) in [5.74, 6) is 0. The predicted molar refractivity (Wildman–Crippen MR) is 1510 cm³/mol. The van der Waals surface area contributed by atoms with Gasteiger partial charge in [0, 0.05) is 22.1 Å². The molecule has 113 heteroatoms. The molecule has 876 valence electrons. The molecule has 0 aromatic heterocycles. The third-order valence-corrected chi connectivity index (χ3v) is 7530. The molecule has 0 unspecified atom stereocenters. The van der Waals surface area contributed by atoms with Crippen molar-refractivity contribution >= 4 is 1400 Å². The summed E-state index contributed by atoms with van der Waals surface area (Å²) in [4.78, 5) is 0. The van der Waals surface area contributed by atoms with Gasteiger partial charge in [-0.3, -0.25) is 14.0 Å². The van der Waals surface area contributed by atoms with Crippen LogP contribution in [0.1, 0.15) is 0 Å². The van der Waals surface area contributed by atoms with Gasteiger partial charge in [-0.25, -0.2) is 0 Å². The molecule has 0 amide bonds. The maximum atomic E-state index is 10.5. The number of halogens is 103. The zero-order valence-corrected chi connectivity index (χ0v) is 272. The number of hydrogen-bond acceptors (Lipinski definition) is 5. The topological polar surface area (TPSA) is 139 Å². The van der Waals surface area contributed by atoms with Gasteiger partial charge in [0.05, 0.1) is 5.69 Å². The van der Waals surface area contributed by atoms with E-state index >= 15 is 0 Å². The van der Waals surface area contributed by atoms with Crippen molar-refractivity contribution in [3.8, 4) is 0 Å². The van der Waals surface area contributed by atoms with Crippen molar-refractivity contribution in [1.29, 1.82) is 0 Å². The minimum Gasteiger partial charge on any atom is -0.399 e. The fraction of sp³-hybridized carbons (Fsp3) is 0.0526. The van der Waals surface area contributed by atoms with Crippen LogP contribution in [0.4, 0.5) is 17.1 Å². The number of nitrogens with one attached hydrogen (secondary N) is 2. The van der Waals surface area contributed by atoms with Crippen molar-refractivity contribution in [2.24, 2.45) is 0 Å². The van der Waals surface area contributed by atoms with Gasteiger partial charge in [0.25, 0.3) is 0 Å². The molecule has 8 nitrogen and oxygen atoms in total. The van der Waals surface area contributed by atoms with Crippen LogP contribution in [0.15, 0.2) is 91.0 Å². The molecule has 0 bridgehead atoms. The van der Waals surface area contributed by atoms with E-state index in [-0.39, 0.29) is 0 Å². The molecule has 0 saturated carbocycles. The number of hydrogen-bond donors (Lipinski definition) is 4. The van der Waals surface area contributed by atoms with Gasteiger partial charge in [0.1, 0.15) is 0 Å². The maximum absolute atomic E-state index is 10.5. The van der Waals surface area contributed by atoms with Crippen LogP contribution in [0.3, 0.4) is 0 Å². The summed E-state index contributed by atoms with van der Waals surface area (Å²) in [5.41, 5.74) is 6.98. The van der Waals surface area contributed by atoms with E-state index in [1.807, 2.05) is 35.1 Å². The fourth-order valence-corrected chi connectivity index (χ4v) is 18200. The Balaban J connectivity index is -0.00000185. The standard InChI is InChI=1S/C6H6ClNO2S.C6H7NO3S.C6H7N.CHCl3.I50.I49/c7-11(9,10)8-6-4-2-1-3-5-6;8-11(9,10)7-6-4-2-1-3-5-6;7-6-4-2-1-3-5-6;2-1(3)4;1-27(2)29(5)31(7)33(9)35(11)37(13)39(15)41(17)43(19)45(21)47(23)49(25)50(26)48(24)46(22)44(20)42(18)40(16)38(14)36(12)34(10)32(8)30(6)28(3)4;1-26-28(4)30(6)32(8)34(10)36(12)38(14)40(16)42(18)44(20)46(22)48(24)49(25)47(23)45(21)43(19)41(17)39(15)37(13)35(11)33(9)31(7)29(5)27(2)3/h1-5,8H;1-5,7H,(H,8,9,10);1-5H,7H2;1H;;/q;;;;;-1. The first kappa shape index (κ1) is 206. The molecule has 3 aromatic rings. The monoisotopic (exact) mass is 13100 g/mol. The van der Waals surface area contributed by atoms with Gasteiger partial charge in [-0.1, -0.05) is 89.4 Å². The Morgan fingerprint density at radius 1 is 0.235 bits per heavy atom. The Morgan fingerprint density at radius 3 is 0.462 bits per heavy atom. The van der Waals surface area contributed by atoms with Crippen molar-refractivity contribution in [2.75, 3.05) is 15.2 Å². The Kier molecular flexibility index (Phi) is 197. The molecule has 132 heavy (non-hydrogen) atoms. The molecule has 0 fully saturated rings. The summed E-state index contributed by atoms with van der Waals surface area (Å²) >= 11 is 182. The quantitative estimate of drug-likeness (QED) is 0.0146. The van der Waals surface area contributed by atoms with E-state index in [9.17, 15) is 16.8 Å². The molecular weight excluding hydrogens is 13100 g/mol. The normalized spacial score (nSPS) is 16.7. The van der Waals surface area contributed by atoms with E-state index in [4.69, 9.17) is 55.8 Å². The Bertz CT molecular complexity index is 3550. The van der Waals surface area contributed by atoms with Crippen LogP contribution in [-0.4, -0.2) is 25.7 Å². The fourth-order valence-electron chi connectivity index (χ4n) is 3.10. The van der Waals surface area contributed by atoms with E-state index in [2.05, 4.69) is 954 Å². The molecule has 0 radical (unpaired) electrons. The first-order valence-electron chi connectivity index (χ1n) is 22.4. The van der Waals surface area contributed by atoms with E-state index in [0.717, 1.165) is 5.69 Å². The van der Waals surface area contributed by atoms with Gasteiger partial charge < -0.3 is 5.73 Å². The van der Waals surface area contributed by atoms with Crippen LogP contribution >= 0.6 is 1370 Å². The second kappa shape index (κ2) is 126. The Morgan fingerprint density at radius 2 is 0.356 bits per heavy atom. The number of anilines is 3. The van der Waals surface area contributed by atoms with Crippen molar-refractivity contribution in [3.63, 3.8) is 0 Å². The third kappa shape index (κ3) is 97.1. The third-order valence-electron chi connectivity index (χ3n) is 6.55. The molecule has 5 N–H and O–H groups in total. The van der Waals surface area contributed by atoms with Crippen LogP contribution in [0.5, 0.6) is 0 Å². The molecule has 0 atom stereocenters. The van der Waals surface area contributed by atoms with Gasteiger partial charge >= 0.3 is 1350 Å². The number of nitrogens with two attached hydrogens (primary N) is 1. The van der Waals surface area contributed by atoms with Crippen LogP contribution < -0.4 is 28.4 Å². The van der Waals surface area contributed by atoms with Crippen LogP contribution in [0.2, 0.25) is 0 Å². The molecular formula is C19H21Cl4I99N3O5S2-. The van der Waals surface area contributed by atoms with Crippen LogP contribution in [0.25, 0.3) is 0 Å². The number of alkyl halides is 3. The first-order valence-corrected chi connectivity index (χ1v) is 637. The van der Waals surface area contributed by atoms with Gasteiger partial charge in [-0.2, -0.15) is 16.8 Å². The SMILES string of the molecule is ClC(Cl)Cl.II(I)I(I)I(I)I(I)I(I)I(I)I(I)I(I)I(I)I(I)I(I)I(I)I(I)I(I)I(I)I(I)I(I)I(I)I(I)I(I)I(I)I(I)I(I)I(I)I.I[I-]I(I)I(I)I(I)I(I)I(I)I(I)I(I)I(I)I(I)I(I)I(I)I(I)I(I)I(I)I(I)I(I)I(I)I(I)I(I)I(I)I(I)I(I)I(I)I.Nc1ccccc1.O=S(=O)(Cl)Nc1ccccc1.O=S(=O)(O)Nc1ccccc1. The Hall–Kier alpha value is 70.3. The average Bonchev–Trinajstić information content (AvgIpc) is 0.820. The minimum absolute atomic E-state index is 0.343. The van der Waals surface area contributed by atoms with Gasteiger partial charge in [0.15, 0.2) is 4.30 Å². The zero-order chi connectivity index (χ0) is 104. The summed E-state index contributed by atoms with van der Waals surface area (Å²) in [6.45, 7) is 0. The predicted octanol–water partition coefficient (Wildman–Crippen LogP) is 89.5. The zero-order valence-electron chi connectivity index (χ0n) is 54.1. The molecule has 0 saturated heterocycles. The number of nitrogen functional groups attached to an aromatic ring is 1. The van der Waals surface area contributed by atoms with E-state index < -0.39 is 395 Å². The van der Waals surface area contributed by atoms with Crippen LogP contribution in [-0.2, 0) is 19.5 Å². The maximum Gasteiger partial charge on any atom is 0.357 e. The van der Waals surface area contributed by atoms with Crippen molar-refractivity contribution < 1.29 is 34.6 Å². The molecule has 0 aliphatic rings. The van der Waals surface area contributed by atoms with Crippen LogP contribution in [0, 0.1) is 0 Å². The smallest absolute Gasteiger partial charge is 0.357 e. The summed E-state index contributed by atoms with van der Waals surface area (Å²) in [5, 5.41) is 0. The first-order chi connectivity index (χ1) is 60.3. The number of para-hydroxylation sites is 3. The summed E-state index contributed by atoms with van der Waals surface area (Å²) < 4.78 is 53.0. The molecule has 0 aliphatic carbocycles. The number of rotatable bonds is 50. The molecule has 3 aromatic carbocycles. The number of benzene rings is 3. The molecule has 0 spiro atoms. The van der Waals surface area contributed by atoms with Crippen molar-refractivity contribution in [2.45, 2.75) is 4.30 Å². The second-order valence-electron chi connectivity index (χ2n) is 13.2. The summed E-state index contributed by atoms with van der Waals surface area (Å²) in [7, 11) is -27.7. The minimum atomic E-state index is -4.13. The van der Waals surface area contributed by atoms with E-state index in [0.29, 0.717) is 24.6 Å². The largest absolute Gasteiger partial charge is 0.399 e. The molecule has 0 heterocycles. The van der Waals surface area contributed by atoms with E-state index in [1.165, 1.54) is 12.1 Å². The molecule has 0 aliphatic heterocycles. The average molecular weight is 13100 g/mol. The van der Waals surface area contributed by atoms with Gasteiger partial charge in [0.2, 0.25) is 0 Å². The summed E-state index contributed by atoms with van der Waals surface area (Å²) in [6, 6.07) is 26.1. The van der Waals surface area contributed by atoms with Crippen molar-refractivity contribution in [1.82, 2.24) is 0 Å².